The Morgan fingerprint density at radius 3 is 2.48 bits per heavy atom. The first-order valence-electron chi connectivity index (χ1n) is 7.43. The molecule has 1 heterocycles. The van der Waals surface area contributed by atoms with Crippen LogP contribution in [-0.4, -0.2) is 10.2 Å². The first-order valence-corrected chi connectivity index (χ1v) is 7.81. The van der Waals surface area contributed by atoms with E-state index in [0.717, 1.165) is 22.4 Å². The molecule has 23 heavy (non-hydrogen) atoms. The Bertz CT molecular complexity index is 898. The number of nitrogens with zero attached hydrogens (tertiary/aromatic N) is 1. The van der Waals surface area contributed by atoms with Gasteiger partial charge in [-0.15, -0.1) is 0 Å². The highest BCUT2D eigenvalue weighted by atomic mass is 35.5. The summed E-state index contributed by atoms with van der Waals surface area (Å²) in [4.78, 5) is 12.1. The summed E-state index contributed by atoms with van der Waals surface area (Å²) < 4.78 is 0. The predicted octanol–water partition coefficient (Wildman–Crippen LogP) is 4.30. The highest BCUT2D eigenvalue weighted by Crippen LogP contribution is 2.22. The zero-order valence-electron chi connectivity index (χ0n) is 13.1. The Morgan fingerprint density at radius 1 is 1.04 bits per heavy atom. The van der Waals surface area contributed by atoms with Crippen LogP contribution in [0.1, 0.15) is 22.3 Å². The standard InChI is InChI=1S/C19H17ClN2O/c1-12-3-8-17(13(2)9-12)18-11-15(19(23)22-21-18)10-14-4-6-16(20)7-5-14/h3-9,11H,10H2,1-2H3,(H,22,23). The largest absolute Gasteiger partial charge is 0.268 e. The zero-order chi connectivity index (χ0) is 16.4. The van der Waals surface area contributed by atoms with E-state index in [4.69, 9.17) is 11.6 Å². The molecule has 1 N–H and O–H groups in total. The molecule has 0 saturated heterocycles. The number of aromatic amines is 1. The highest BCUT2D eigenvalue weighted by molar-refractivity contribution is 6.30. The fourth-order valence-corrected chi connectivity index (χ4v) is 2.76. The lowest BCUT2D eigenvalue weighted by Gasteiger charge is -2.08. The second-order valence-electron chi connectivity index (χ2n) is 5.73. The van der Waals surface area contributed by atoms with Gasteiger partial charge in [0.25, 0.3) is 5.56 Å². The minimum absolute atomic E-state index is 0.159. The number of H-pyrrole nitrogens is 1. The molecule has 0 spiro atoms. The Hall–Kier alpha value is -2.39. The molecular weight excluding hydrogens is 308 g/mol. The van der Waals surface area contributed by atoms with Gasteiger partial charge in [-0.05, 0) is 43.2 Å². The molecule has 0 aliphatic rings. The summed E-state index contributed by atoms with van der Waals surface area (Å²) >= 11 is 5.90. The van der Waals surface area contributed by atoms with Crippen LogP contribution in [0.25, 0.3) is 11.3 Å². The van der Waals surface area contributed by atoms with Crippen molar-refractivity contribution < 1.29 is 0 Å². The van der Waals surface area contributed by atoms with E-state index in [1.54, 1.807) is 0 Å². The van der Waals surface area contributed by atoms with Crippen molar-refractivity contribution in [1.29, 1.82) is 0 Å². The van der Waals surface area contributed by atoms with Crippen molar-refractivity contribution in [2.45, 2.75) is 20.3 Å². The van der Waals surface area contributed by atoms with Gasteiger partial charge in [-0.2, -0.15) is 5.10 Å². The molecule has 4 heteroatoms. The van der Waals surface area contributed by atoms with Gasteiger partial charge in [0.05, 0.1) is 5.69 Å². The van der Waals surface area contributed by atoms with Gasteiger partial charge in [0, 0.05) is 22.6 Å². The van der Waals surface area contributed by atoms with Crippen LogP contribution >= 0.6 is 11.6 Å². The molecule has 2 aromatic carbocycles. The molecule has 0 bridgehead atoms. The fraction of sp³-hybridized carbons (Fsp3) is 0.158. The van der Waals surface area contributed by atoms with Crippen LogP contribution in [0.4, 0.5) is 0 Å². The normalized spacial score (nSPS) is 10.7. The SMILES string of the molecule is Cc1ccc(-c2cc(Cc3ccc(Cl)cc3)c(=O)[nH]n2)c(C)c1. The van der Waals surface area contributed by atoms with Crippen LogP contribution in [0.5, 0.6) is 0 Å². The van der Waals surface area contributed by atoms with E-state index in [-0.39, 0.29) is 5.56 Å². The lowest BCUT2D eigenvalue weighted by Crippen LogP contribution is -2.15. The Kier molecular flexibility index (Phi) is 4.30. The molecule has 0 fully saturated rings. The number of rotatable bonds is 3. The Balaban J connectivity index is 1.99. The molecular formula is C19H17ClN2O. The summed E-state index contributed by atoms with van der Waals surface area (Å²) in [6, 6.07) is 15.6. The molecule has 3 nitrogen and oxygen atoms in total. The summed E-state index contributed by atoms with van der Waals surface area (Å²) in [5, 5.41) is 7.49. The molecule has 3 aromatic rings. The van der Waals surface area contributed by atoms with E-state index < -0.39 is 0 Å². The second-order valence-corrected chi connectivity index (χ2v) is 6.17. The van der Waals surface area contributed by atoms with Gasteiger partial charge in [-0.3, -0.25) is 4.79 Å². The fourth-order valence-electron chi connectivity index (χ4n) is 2.64. The maximum absolute atomic E-state index is 12.1. The predicted molar refractivity (Wildman–Crippen MR) is 94.0 cm³/mol. The lowest BCUT2D eigenvalue weighted by molar-refractivity contribution is 0.954. The van der Waals surface area contributed by atoms with Gasteiger partial charge in [0.2, 0.25) is 0 Å². The first-order chi connectivity index (χ1) is 11.0. The number of hydrogen-bond acceptors (Lipinski definition) is 2. The average Bonchev–Trinajstić information content (AvgIpc) is 2.52. The average molecular weight is 325 g/mol. The molecule has 3 rings (SSSR count). The third kappa shape index (κ3) is 3.51. The summed E-state index contributed by atoms with van der Waals surface area (Å²) in [7, 11) is 0. The smallest absolute Gasteiger partial charge is 0.267 e. The second kappa shape index (κ2) is 6.39. The maximum atomic E-state index is 12.1. The van der Waals surface area contributed by atoms with Crippen LogP contribution in [-0.2, 0) is 6.42 Å². The van der Waals surface area contributed by atoms with E-state index >= 15 is 0 Å². The first kappa shape index (κ1) is 15.5. The molecule has 1 aromatic heterocycles. The van der Waals surface area contributed by atoms with E-state index in [2.05, 4.69) is 23.2 Å². The van der Waals surface area contributed by atoms with E-state index in [1.165, 1.54) is 5.56 Å². The molecule has 0 radical (unpaired) electrons. The van der Waals surface area contributed by atoms with E-state index in [1.807, 2.05) is 49.4 Å². The van der Waals surface area contributed by atoms with Crippen LogP contribution in [0.3, 0.4) is 0 Å². The van der Waals surface area contributed by atoms with Crippen LogP contribution < -0.4 is 5.56 Å². The summed E-state index contributed by atoms with van der Waals surface area (Å²) in [5.41, 5.74) is 5.73. The van der Waals surface area contributed by atoms with Crippen molar-refractivity contribution in [2.75, 3.05) is 0 Å². The van der Waals surface area contributed by atoms with Crippen LogP contribution in [0, 0.1) is 13.8 Å². The number of aryl methyl sites for hydroxylation is 2. The molecule has 0 aliphatic heterocycles. The van der Waals surface area contributed by atoms with Gasteiger partial charge in [0.15, 0.2) is 0 Å². The molecule has 116 valence electrons. The van der Waals surface area contributed by atoms with Crippen molar-refractivity contribution in [3.63, 3.8) is 0 Å². The van der Waals surface area contributed by atoms with Gasteiger partial charge in [-0.25, -0.2) is 5.10 Å². The monoisotopic (exact) mass is 324 g/mol. The van der Waals surface area contributed by atoms with Crippen LogP contribution in [0.15, 0.2) is 53.3 Å². The Morgan fingerprint density at radius 2 is 1.78 bits per heavy atom. The molecule has 0 amide bonds. The summed E-state index contributed by atoms with van der Waals surface area (Å²) in [6.07, 6.45) is 0.549. The van der Waals surface area contributed by atoms with Crippen LogP contribution in [0.2, 0.25) is 5.02 Å². The van der Waals surface area contributed by atoms with Gasteiger partial charge in [0.1, 0.15) is 0 Å². The summed E-state index contributed by atoms with van der Waals surface area (Å²) in [6.45, 7) is 4.11. The summed E-state index contributed by atoms with van der Waals surface area (Å²) in [5.74, 6) is 0. The van der Waals surface area contributed by atoms with Crippen molar-refractivity contribution in [3.8, 4) is 11.3 Å². The third-order valence-corrected chi connectivity index (χ3v) is 4.10. The van der Waals surface area contributed by atoms with Crippen molar-refractivity contribution >= 4 is 11.6 Å². The Labute approximate surface area is 140 Å². The molecule has 0 saturated carbocycles. The zero-order valence-corrected chi connectivity index (χ0v) is 13.8. The number of benzene rings is 2. The number of aromatic nitrogens is 2. The quantitative estimate of drug-likeness (QED) is 0.780. The van der Waals surface area contributed by atoms with Crippen molar-refractivity contribution in [3.05, 3.63) is 86.2 Å². The lowest BCUT2D eigenvalue weighted by atomic mass is 10.0. The van der Waals surface area contributed by atoms with E-state index in [9.17, 15) is 4.79 Å². The topological polar surface area (TPSA) is 45.8 Å². The van der Waals surface area contributed by atoms with Crippen molar-refractivity contribution in [2.24, 2.45) is 0 Å². The van der Waals surface area contributed by atoms with Gasteiger partial charge >= 0.3 is 0 Å². The molecule has 0 unspecified atom stereocenters. The number of hydrogen-bond donors (Lipinski definition) is 1. The van der Waals surface area contributed by atoms with E-state index in [0.29, 0.717) is 17.0 Å². The molecule has 0 aliphatic carbocycles. The number of nitrogens with one attached hydrogen (secondary N) is 1. The third-order valence-electron chi connectivity index (χ3n) is 3.85. The van der Waals surface area contributed by atoms with Crippen molar-refractivity contribution in [1.82, 2.24) is 10.2 Å². The van der Waals surface area contributed by atoms with Gasteiger partial charge in [-0.1, -0.05) is 47.5 Å². The number of halogens is 1. The minimum atomic E-state index is -0.159. The minimum Gasteiger partial charge on any atom is -0.268 e. The van der Waals surface area contributed by atoms with Gasteiger partial charge < -0.3 is 0 Å². The maximum Gasteiger partial charge on any atom is 0.267 e. The highest BCUT2D eigenvalue weighted by Gasteiger charge is 2.08. The molecule has 0 atom stereocenters.